The van der Waals surface area contributed by atoms with Gasteiger partial charge in [-0.05, 0) is 18.8 Å². The fraction of sp³-hybridized carbons (Fsp3) is 0.286. The van der Waals surface area contributed by atoms with E-state index in [0.717, 1.165) is 23.6 Å². The Morgan fingerprint density at radius 1 is 1.48 bits per heavy atom. The number of fused-ring (bicyclic) bond motifs is 3. The second-order valence-corrected chi connectivity index (χ2v) is 5.38. The van der Waals surface area contributed by atoms with E-state index in [1.807, 2.05) is 23.0 Å². The Bertz CT molecular complexity index is 752. The van der Waals surface area contributed by atoms with Crippen LogP contribution in [0.15, 0.2) is 30.5 Å². The number of H-pyrrole nitrogens is 1. The molecule has 0 saturated heterocycles. The average Bonchev–Trinajstić information content (AvgIpc) is 3.36. The summed E-state index contributed by atoms with van der Waals surface area (Å²) >= 11 is 0. The molecule has 0 radical (unpaired) electrons. The lowest BCUT2D eigenvalue weighted by Crippen LogP contribution is -2.41. The standard InChI is InChI=1S/C14H14N6O/c21-14(17-6-9-1-2-9)12-5-11-13(19-18-12)20-4-3-15-7-10(20)8-16-11/h3-5,7-9H,1-2,6H2,(H2,15,16,17,18,21)/p+2. The molecule has 1 fully saturated rings. The monoisotopic (exact) mass is 284 g/mol. The van der Waals surface area contributed by atoms with Gasteiger partial charge in [0.2, 0.25) is 17.9 Å². The number of carbonyl (C=O) groups excluding carboxylic acids is 1. The molecule has 0 bridgehead atoms. The van der Waals surface area contributed by atoms with Crippen LogP contribution in [0.5, 0.6) is 0 Å². The number of nitrogens with zero attached hydrogens (tertiary/aromatic N) is 2. The molecule has 106 valence electrons. The van der Waals surface area contributed by atoms with Crippen LogP contribution in [-0.2, 0) is 4.79 Å². The van der Waals surface area contributed by atoms with Gasteiger partial charge < -0.3 is 5.32 Å². The zero-order valence-corrected chi connectivity index (χ0v) is 11.4. The van der Waals surface area contributed by atoms with E-state index in [4.69, 9.17) is 0 Å². The Labute approximate surface area is 121 Å². The van der Waals surface area contributed by atoms with Crippen LogP contribution < -0.4 is 25.6 Å². The van der Waals surface area contributed by atoms with Crippen molar-refractivity contribution in [2.45, 2.75) is 12.8 Å². The summed E-state index contributed by atoms with van der Waals surface area (Å²) in [6, 6.07) is 0. The summed E-state index contributed by atoms with van der Waals surface area (Å²) < 4.78 is 1.96. The number of aromatic nitrogens is 3. The van der Waals surface area contributed by atoms with E-state index in [0.29, 0.717) is 11.6 Å². The molecule has 2 aliphatic rings. The average molecular weight is 284 g/mol. The first kappa shape index (κ1) is 12.1. The highest BCUT2D eigenvalue weighted by Gasteiger charge is 2.26. The zero-order chi connectivity index (χ0) is 14.2. The van der Waals surface area contributed by atoms with E-state index in [1.165, 1.54) is 12.8 Å². The van der Waals surface area contributed by atoms with Crippen LogP contribution >= 0.6 is 0 Å². The molecule has 4 rings (SSSR count). The zero-order valence-electron chi connectivity index (χ0n) is 11.4. The van der Waals surface area contributed by atoms with Crippen LogP contribution in [0.25, 0.3) is 11.6 Å². The van der Waals surface area contributed by atoms with Gasteiger partial charge in [0.15, 0.2) is 11.9 Å². The fourth-order valence-corrected chi connectivity index (χ4v) is 2.34. The minimum Gasteiger partial charge on any atom is -0.350 e. The van der Waals surface area contributed by atoms with Crippen molar-refractivity contribution in [1.82, 2.24) is 15.7 Å². The summed E-state index contributed by atoms with van der Waals surface area (Å²) in [5, 5.41) is 2.93. The van der Waals surface area contributed by atoms with Crippen molar-refractivity contribution in [3.63, 3.8) is 0 Å². The first-order chi connectivity index (χ1) is 10.3. The van der Waals surface area contributed by atoms with Crippen molar-refractivity contribution < 1.29 is 14.2 Å². The molecule has 0 atom stereocenters. The van der Waals surface area contributed by atoms with Gasteiger partial charge in [-0.2, -0.15) is 9.83 Å². The van der Waals surface area contributed by atoms with Crippen molar-refractivity contribution in [3.05, 3.63) is 36.2 Å². The Morgan fingerprint density at radius 2 is 2.38 bits per heavy atom. The largest absolute Gasteiger partial charge is 0.350 e. The van der Waals surface area contributed by atoms with E-state index < -0.39 is 0 Å². The molecule has 1 aliphatic heterocycles. The number of rotatable bonds is 3. The number of nitrogens with one attached hydrogen (secondary N) is 4. The summed E-state index contributed by atoms with van der Waals surface area (Å²) in [6.07, 6.45) is 11.5. The number of hydrazine groups is 1. The normalized spacial score (nSPS) is 16.5. The summed E-state index contributed by atoms with van der Waals surface area (Å²) in [5.74, 6) is 1.36. The molecule has 1 saturated carbocycles. The van der Waals surface area contributed by atoms with Crippen molar-refractivity contribution in [2.24, 2.45) is 5.92 Å². The molecular formula is C14H16N6O+2. The lowest BCUT2D eigenvalue weighted by atomic mass is 10.2. The highest BCUT2D eigenvalue weighted by Crippen LogP contribution is 2.27. The number of anilines is 1. The van der Waals surface area contributed by atoms with Gasteiger partial charge in [-0.15, -0.1) is 0 Å². The van der Waals surface area contributed by atoms with Crippen LogP contribution in [-0.4, -0.2) is 17.4 Å². The number of amides is 1. The first-order valence-corrected chi connectivity index (χ1v) is 7.04. The predicted molar refractivity (Wildman–Crippen MR) is 74.4 cm³/mol. The maximum atomic E-state index is 12.1. The minimum atomic E-state index is -0.103. The van der Waals surface area contributed by atoms with Crippen LogP contribution in [0.3, 0.4) is 0 Å². The molecule has 2 aromatic heterocycles. The van der Waals surface area contributed by atoms with Gasteiger partial charge in [0, 0.05) is 12.6 Å². The predicted octanol–water partition coefficient (Wildman–Crippen LogP) is -0.568. The number of aromatic amines is 1. The molecule has 3 heterocycles. The van der Waals surface area contributed by atoms with Gasteiger partial charge in [0.1, 0.15) is 5.70 Å². The molecule has 0 spiro atoms. The number of hydrogen-bond donors (Lipinski definition) is 3. The van der Waals surface area contributed by atoms with E-state index >= 15 is 0 Å². The minimum absolute atomic E-state index is 0.103. The first-order valence-electron chi connectivity index (χ1n) is 7.04. The van der Waals surface area contributed by atoms with Crippen LogP contribution in [0.2, 0.25) is 0 Å². The molecule has 0 unspecified atom stereocenters. The van der Waals surface area contributed by atoms with Gasteiger partial charge in [-0.3, -0.25) is 4.79 Å². The Morgan fingerprint density at radius 3 is 3.24 bits per heavy atom. The lowest BCUT2D eigenvalue weighted by molar-refractivity contribution is -0.522. The van der Waals surface area contributed by atoms with Crippen molar-refractivity contribution in [2.75, 3.05) is 12.0 Å². The van der Waals surface area contributed by atoms with E-state index in [-0.39, 0.29) is 5.91 Å². The SMILES string of the molecule is O=C(NCC1CC1)C1=Cc2ncc3c[nH+]cc[n+]3c2NN1. The molecule has 4 N–H and O–H groups in total. The third-order valence-corrected chi connectivity index (χ3v) is 3.74. The second-order valence-electron chi connectivity index (χ2n) is 5.38. The summed E-state index contributed by atoms with van der Waals surface area (Å²) in [7, 11) is 0. The van der Waals surface area contributed by atoms with Crippen molar-refractivity contribution >= 4 is 23.3 Å². The Kier molecular flexibility index (Phi) is 2.70. The summed E-state index contributed by atoms with van der Waals surface area (Å²) in [4.78, 5) is 19.5. The quantitative estimate of drug-likeness (QED) is 0.659. The Balaban J connectivity index is 1.63. The number of hydrogen-bond acceptors (Lipinski definition) is 4. The van der Waals surface area contributed by atoms with Crippen LogP contribution in [0, 0.1) is 5.92 Å². The van der Waals surface area contributed by atoms with E-state index in [1.54, 1.807) is 12.3 Å². The van der Waals surface area contributed by atoms with Gasteiger partial charge in [-0.1, -0.05) is 0 Å². The molecule has 21 heavy (non-hydrogen) atoms. The molecule has 1 aliphatic carbocycles. The maximum absolute atomic E-state index is 12.1. The highest BCUT2D eigenvalue weighted by atomic mass is 16.2. The third-order valence-electron chi connectivity index (χ3n) is 3.74. The van der Waals surface area contributed by atoms with Gasteiger partial charge in [0.05, 0.1) is 6.20 Å². The van der Waals surface area contributed by atoms with Crippen LogP contribution in [0.1, 0.15) is 18.5 Å². The Hall–Kier alpha value is -2.70. The second kappa shape index (κ2) is 4.69. The van der Waals surface area contributed by atoms with Gasteiger partial charge in [0.25, 0.3) is 5.91 Å². The van der Waals surface area contributed by atoms with Gasteiger partial charge >= 0.3 is 5.82 Å². The molecule has 2 aromatic rings. The third kappa shape index (κ3) is 2.26. The van der Waals surface area contributed by atoms with E-state index in [2.05, 4.69) is 26.1 Å². The van der Waals surface area contributed by atoms with Crippen LogP contribution in [0.4, 0.5) is 5.82 Å². The summed E-state index contributed by atoms with van der Waals surface area (Å²) in [5.41, 5.74) is 8.13. The van der Waals surface area contributed by atoms with Crippen molar-refractivity contribution in [3.8, 4) is 0 Å². The fourth-order valence-electron chi connectivity index (χ4n) is 2.34. The molecule has 0 aromatic carbocycles. The topological polar surface area (TPSA) is 84.3 Å². The molecule has 1 amide bonds. The molecular weight excluding hydrogens is 268 g/mol. The van der Waals surface area contributed by atoms with Gasteiger partial charge in [-0.25, -0.2) is 15.4 Å². The smallest absolute Gasteiger partial charge is 0.329 e. The number of carbonyl (C=O) groups is 1. The molecule has 7 heteroatoms. The maximum Gasteiger partial charge on any atom is 0.329 e. The summed E-state index contributed by atoms with van der Waals surface area (Å²) in [6.45, 7) is 0.750. The highest BCUT2D eigenvalue weighted by molar-refractivity contribution is 5.98. The lowest BCUT2D eigenvalue weighted by Gasteiger charge is -2.14. The van der Waals surface area contributed by atoms with Crippen molar-refractivity contribution in [1.29, 1.82) is 0 Å². The molecule has 7 nitrogen and oxygen atoms in total. The van der Waals surface area contributed by atoms with E-state index in [9.17, 15) is 4.79 Å².